The molecule has 2 heterocycles. The molecule has 0 aromatic heterocycles. The van der Waals surface area contributed by atoms with E-state index in [-0.39, 0.29) is 30.8 Å². The van der Waals surface area contributed by atoms with Crippen molar-refractivity contribution in [2.75, 3.05) is 78.9 Å². The average molecular weight is 437 g/mol. The second kappa shape index (κ2) is 14.0. The summed E-state index contributed by atoms with van der Waals surface area (Å²) < 4.78 is 21.8. The molecular weight excluding hydrogens is 407 g/mol. The van der Waals surface area contributed by atoms with Crippen LogP contribution in [0.4, 0.5) is 0 Å². The number of esters is 1. The lowest BCUT2D eigenvalue weighted by Gasteiger charge is -2.23. The van der Waals surface area contributed by atoms with Crippen molar-refractivity contribution >= 4 is 5.97 Å². The number of hydrogen-bond donors (Lipinski definition) is 2. The highest BCUT2D eigenvalue weighted by Gasteiger charge is 2.15. The Hall–Kier alpha value is -1.09. The summed E-state index contributed by atoms with van der Waals surface area (Å²) in [5, 5.41) is 0. The first-order valence-corrected chi connectivity index (χ1v) is 9.54. The van der Waals surface area contributed by atoms with E-state index in [0.29, 0.717) is 18.8 Å². The van der Waals surface area contributed by atoms with Crippen molar-refractivity contribution < 1.29 is 58.4 Å². The van der Waals surface area contributed by atoms with Gasteiger partial charge in [0, 0.05) is 0 Å². The van der Waals surface area contributed by atoms with Gasteiger partial charge in [0.2, 0.25) is 0 Å². The lowest BCUT2D eigenvalue weighted by atomic mass is 10.2. The summed E-state index contributed by atoms with van der Waals surface area (Å²) in [4.78, 5) is 15.0. The fourth-order valence-corrected chi connectivity index (χ4v) is 3.19. The van der Waals surface area contributed by atoms with E-state index in [0.717, 1.165) is 71.4 Å². The third-order valence-electron chi connectivity index (χ3n) is 4.90. The van der Waals surface area contributed by atoms with Crippen molar-refractivity contribution in [3.63, 3.8) is 0 Å². The van der Waals surface area contributed by atoms with Crippen LogP contribution in [0.25, 0.3) is 0 Å². The molecule has 3 rings (SSSR count). The molecule has 28 heavy (non-hydrogen) atoms. The molecule has 0 spiro atoms. The van der Waals surface area contributed by atoms with E-state index in [9.17, 15) is 4.79 Å². The van der Waals surface area contributed by atoms with Crippen molar-refractivity contribution in [2.45, 2.75) is 0 Å². The minimum atomic E-state index is -0.276. The van der Waals surface area contributed by atoms with Gasteiger partial charge in [0.15, 0.2) is 0 Å². The van der Waals surface area contributed by atoms with Crippen LogP contribution in [0, 0.1) is 0 Å². The Morgan fingerprint density at radius 2 is 1.32 bits per heavy atom. The fourth-order valence-electron chi connectivity index (χ4n) is 3.19. The maximum absolute atomic E-state index is 12.1. The molecular formula is C19H30Cl2N2O5. The molecule has 0 atom stereocenters. The van der Waals surface area contributed by atoms with Crippen LogP contribution in [0.3, 0.4) is 0 Å². The Kier molecular flexibility index (Phi) is 12.5. The van der Waals surface area contributed by atoms with Gasteiger partial charge in [-0.15, -0.1) is 0 Å². The first-order chi connectivity index (χ1) is 12.8. The van der Waals surface area contributed by atoms with Crippen molar-refractivity contribution in [3.05, 3.63) is 29.8 Å². The van der Waals surface area contributed by atoms with Crippen LogP contribution >= 0.6 is 0 Å². The predicted molar refractivity (Wildman–Crippen MR) is 95.0 cm³/mol. The first-order valence-electron chi connectivity index (χ1n) is 9.54. The summed E-state index contributed by atoms with van der Waals surface area (Å²) >= 11 is 0. The molecule has 1 aromatic carbocycles. The number of carbonyl (C=O) groups is 1. The Labute approximate surface area is 179 Å². The van der Waals surface area contributed by atoms with Gasteiger partial charge >= 0.3 is 5.97 Å². The number of halogens is 2. The van der Waals surface area contributed by atoms with Gasteiger partial charge in [-0.1, -0.05) is 0 Å². The highest BCUT2D eigenvalue weighted by atomic mass is 35.5. The third kappa shape index (κ3) is 8.51. The lowest BCUT2D eigenvalue weighted by Crippen LogP contribution is -3.14. The van der Waals surface area contributed by atoms with E-state index >= 15 is 0 Å². The van der Waals surface area contributed by atoms with Crippen molar-refractivity contribution in [1.29, 1.82) is 0 Å². The van der Waals surface area contributed by atoms with Crippen LogP contribution in [-0.2, 0) is 14.2 Å². The quantitative estimate of drug-likeness (QED) is 0.396. The summed E-state index contributed by atoms with van der Waals surface area (Å²) in [7, 11) is 0. The zero-order chi connectivity index (χ0) is 18.0. The molecule has 0 saturated carbocycles. The molecule has 0 radical (unpaired) electrons. The standard InChI is InChI=1S/C19H28N2O5.2ClH/c22-19(26-16-10-21-7-13-24-14-8-21)17-1-3-18(4-2-17)25-15-9-20-5-11-23-12-6-20;;/h1-4H,5-16H2;2*1H. The molecule has 2 saturated heterocycles. The summed E-state index contributed by atoms with van der Waals surface area (Å²) in [6, 6.07) is 7.19. The van der Waals surface area contributed by atoms with E-state index in [1.54, 1.807) is 12.1 Å². The number of morpholine rings is 2. The van der Waals surface area contributed by atoms with Crippen LogP contribution in [-0.4, -0.2) is 84.9 Å². The molecule has 2 fully saturated rings. The monoisotopic (exact) mass is 436 g/mol. The first kappa shape index (κ1) is 24.9. The van der Waals surface area contributed by atoms with E-state index < -0.39 is 0 Å². The van der Waals surface area contributed by atoms with Gasteiger partial charge in [-0.25, -0.2) is 4.79 Å². The Balaban J connectivity index is 0.00000196. The number of nitrogens with one attached hydrogen (secondary N) is 2. The molecule has 2 aliphatic heterocycles. The number of ether oxygens (including phenoxy) is 4. The molecule has 2 aliphatic rings. The molecule has 7 nitrogen and oxygen atoms in total. The van der Waals surface area contributed by atoms with E-state index in [4.69, 9.17) is 18.9 Å². The van der Waals surface area contributed by atoms with E-state index in [1.165, 1.54) is 9.80 Å². The summed E-state index contributed by atoms with van der Waals surface area (Å²) in [6.45, 7) is 10.2. The minimum absolute atomic E-state index is 0. The van der Waals surface area contributed by atoms with Crippen LogP contribution in [0.5, 0.6) is 5.75 Å². The Bertz CT molecular complexity index is 550. The number of quaternary nitrogens is 2. The number of benzene rings is 1. The largest absolute Gasteiger partial charge is 1.00 e. The number of carbonyl (C=O) groups excluding carboxylic acids is 1. The molecule has 0 amide bonds. The fraction of sp³-hybridized carbons (Fsp3) is 0.632. The molecule has 2 N–H and O–H groups in total. The van der Waals surface area contributed by atoms with Crippen LogP contribution in [0.1, 0.15) is 10.4 Å². The van der Waals surface area contributed by atoms with E-state index in [2.05, 4.69) is 0 Å². The highest BCUT2D eigenvalue weighted by Crippen LogP contribution is 2.12. The predicted octanol–water partition coefficient (Wildman–Crippen LogP) is -7.94. The zero-order valence-corrected chi connectivity index (χ0v) is 17.6. The SMILES string of the molecule is O=C(OCC[NH+]1CCOCC1)c1ccc(OCC[NH+]2CCOCC2)cc1.[Cl-].[Cl-]. The van der Waals surface area contributed by atoms with Crippen LogP contribution in [0.2, 0.25) is 0 Å². The van der Waals surface area contributed by atoms with Gasteiger partial charge in [-0.05, 0) is 24.3 Å². The smallest absolute Gasteiger partial charge is 0.338 e. The molecule has 0 bridgehead atoms. The van der Waals surface area contributed by atoms with Gasteiger partial charge < -0.3 is 53.6 Å². The second-order valence-electron chi connectivity index (χ2n) is 6.73. The van der Waals surface area contributed by atoms with Crippen molar-refractivity contribution in [2.24, 2.45) is 0 Å². The van der Waals surface area contributed by atoms with Crippen LogP contribution < -0.4 is 39.4 Å². The average Bonchev–Trinajstić information content (AvgIpc) is 2.70. The Morgan fingerprint density at radius 3 is 1.86 bits per heavy atom. The Morgan fingerprint density at radius 1 is 0.821 bits per heavy atom. The van der Waals surface area contributed by atoms with Gasteiger partial charge in [-0.2, -0.15) is 0 Å². The van der Waals surface area contributed by atoms with Crippen LogP contribution in [0.15, 0.2) is 24.3 Å². The maximum Gasteiger partial charge on any atom is 0.338 e. The highest BCUT2D eigenvalue weighted by molar-refractivity contribution is 5.89. The summed E-state index contributed by atoms with van der Waals surface area (Å²) in [5.74, 6) is 0.508. The lowest BCUT2D eigenvalue weighted by molar-refractivity contribution is -0.908. The van der Waals surface area contributed by atoms with Crippen molar-refractivity contribution in [3.8, 4) is 5.75 Å². The topological polar surface area (TPSA) is 62.9 Å². The molecule has 1 aromatic rings. The number of hydrogen-bond acceptors (Lipinski definition) is 5. The van der Waals surface area contributed by atoms with Gasteiger partial charge in [-0.3, -0.25) is 0 Å². The minimum Gasteiger partial charge on any atom is -1.00 e. The molecule has 0 unspecified atom stereocenters. The zero-order valence-electron chi connectivity index (χ0n) is 16.1. The number of rotatable bonds is 8. The van der Waals surface area contributed by atoms with Gasteiger partial charge in [0.25, 0.3) is 0 Å². The third-order valence-corrected chi connectivity index (χ3v) is 4.90. The van der Waals surface area contributed by atoms with Crippen molar-refractivity contribution in [1.82, 2.24) is 0 Å². The molecule has 9 heteroatoms. The van der Waals surface area contributed by atoms with E-state index in [1.807, 2.05) is 12.1 Å². The maximum atomic E-state index is 12.1. The normalized spacial score (nSPS) is 17.9. The second-order valence-corrected chi connectivity index (χ2v) is 6.73. The van der Waals surface area contributed by atoms with Gasteiger partial charge in [0.05, 0.1) is 32.0 Å². The molecule has 0 aliphatic carbocycles. The van der Waals surface area contributed by atoms with Gasteiger partial charge in [0.1, 0.15) is 58.2 Å². The summed E-state index contributed by atoms with van der Waals surface area (Å²) in [6.07, 6.45) is 0. The summed E-state index contributed by atoms with van der Waals surface area (Å²) in [5.41, 5.74) is 0.563. The molecule has 160 valence electrons.